The van der Waals surface area contributed by atoms with Crippen LogP contribution in [-0.2, 0) is 29.0 Å². The van der Waals surface area contributed by atoms with Gasteiger partial charge in [-0.3, -0.25) is 19.2 Å². The van der Waals surface area contributed by atoms with Crippen molar-refractivity contribution in [3.05, 3.63) is 60.7 Å². The zero-order valence-electron chi connectivity index (χ0n) is 20.6. The molecule has 9 rings (SSSR count). The molecule has 194 valence electrons. The number of fused-ring (bicyclic) bond motifs is 13. The Bertz CT molecular complexity index is 1610. The SMILES string of the molecule is O=C1[C@@H]2[C@@H](C(=O)N1c1ccc3c(c1)-c1cc(N4C(=O)[C@@H]5[C@H](C4=O)[C@@H]4C=C[C@H]5C4)ccc1S3(=O)=O)[C@H]1C=C[C@H]2C1. The van der Waals surface area contributed by atoms with E-state index in [0.29, 0.717) is 22.5 Å². The van der Waals surface area contributed by atoms with Crippen molar-refractivity contribution >= 4 is 44.8 Å². The van der Waals surface area contributed by atoms with Gasteiger partial charge in [0.1, 0.15) is 0 Å². The molecule has 4 bridgehead atoms. The van der Waals surface area contributed by atoms with E-state index in [9.17, 15) is 27.6 Å². The molecule has 8 nitrogen and oxygen atoms in total. The molecule has 0 spiro atoms. The van der Waals surface area contributed by atoms with Crippen LogP contribution in [0.25, 0.3) is 11.1 Å². The summed E-state index contributed by atoms with van der Waals surface area (Å²) < 4.78 is 26.8. The lowest BCUT2D eigenvalue weighted by Gasteiger charge is -2.19. The molecule has 3 aliphatic heterocycles. The molecule has 0 aromatic heterocycles. The molecule has 9 heteroatoms. The fourth-order valence-electron chi connectivity index (χ4n) is 8.64. The first-order valence-corrected chi connectivity index (χ1v) is 14.9. The number of carbonyl (C=O) groups is 4. The second-order valence-electron chi connectivity index (χ2n) is 11.9. The van der Waals surface area contributed by atoms with Crippen LogP contribution >= 0.6 is 0 Å². The zero-order chi connectivity index (χ0) is 26.5. The first-order valence-electron chi connectivity index (χ1n) is 13.4. The minimum atomic E-state index is -3.84. The number of sulfone groups is 1. The van der Waals surface area contributed by atoms with Crippen molar-refractivity contribution in [1.82, 2.24) is 0 Å². The highest BCUT2D eigenvalue weighted by Gasteiger charge is 2.61. The van der Waals surface area contributed by atoms with Gasteiger partial charge < -0.3 is 0 Å². The molecule has 0 N–H and O–H groups in total. The third-order valence-electron chi connectivity index (χ3n) is 10.3. The fourth-order valence-corrected chi connectivity index (χ4v) is 10.3. The van der Waals surface area contributed by atoms with Gasteiger partial charge in [0, 0.05) is 11.1 Å². The Balaban J connectivity index is 1.13. The molecular formula is C30H22N2O6S. The molecule has 4 amide bonds. The van der Waals surface area contributed by atoms with E-state index >= 15 is 0 Å². The number of allylic oxidation sites excluding steroid dienone is 4. The summed E-state index contributed by atoms with van der Waals surface area (Å²) in [7, 11) is -3.84. The van der Waals surface area contributed by atoms with E-state index in [1.807, 2.05) is 24.3 Å². The Morgan fingerprint density at radius 2 is 0.872 bits per heavy atom. The van der Waals surface area contributed by atoms with Crippen LogP contribution < -0.4 is 9.80 Å². The molecule has 3 heterocycles. The summed E-state index contributed by atoms with van der Waals surface area (Å²) in [5.41, 5.74) is 1.42. The lowest BCUT2D eigenvalue weighted by molar-refractivity contribution is -0.124. The van der Waals surface area contributed by atoms with E-state index in [1.165, 1.54) is 34.1 Å². The van der Waals surface area contributed by atoms with Gasteiger partial charge in [-0.2, -0.15) is 0 Å². The number of anilines is 2. The number of nitrogens with zero attached hydrogens (tertiary/aromatic N) is 2. The van der Waals surface area contributed by atoms with Crippen LogP contribution in [-0.4, -0.2) is 32.0 Å². The molecule has 4 aliphatic carbocycles. The minimum absolute atomic E-state index is 0.0694. The van der Waals surface area contributed by atoms with Crippen LogP contribution in [0.3, 0.4) is 0 Å². The quantitative estimate of drug-likeness (QED) is 0.366. The summed E-state index contributed by atoms with van der Waals surface area (Å²) in [4.78, 5) is 56.1. The molecule has 4 fully saturated rings. The smallest absolute Gasteiger partial charge is 0.238 e. The first kappa shape index (κ1) is 22.0. The van der Waals surface area contributed by atoms with Gasteiger partial charge in [0.25, 0.3) is 0 Å². The predicted octanol–water partition coefficient (Wildman–Crippen LogP) is 3.12. The Hall–Kier alpha value is -3.85. The van der Waals surface area contributed by atoms with Gasteiger partial charge in [-0.25, -0.2) is 18.2 Å². The average molecular weight is 539 g/mol. The monoisotopic (exact) mass is 538 g/mol. The van der Waals surface area contributed by atoms with Gasteiger partial charge in [0.2, 0.25) is 33.5 Å². The van der Waals surface area contributed by atoms with Crippen molar-refractivity contribution in [2.24, 2.45) is 47.3 Å². The van der Waals surface area contributed by atoms with Crippen molar-refractivity contribution in [2.45, 2.75) is 22.6 Å². The predicted molar refractivity (Wildman–Crippen MR) is 138 cm³/mol. The van der Waals surface area contributed by atoms with Crippen LogP contribution in [0, 0.1) is 47.3 Å². The highest BCUT2D eigenvalue weighted by Crippen LogP contribution is 2.56. The van der Waals surface area contributed by atoms with E-state index in [2.05, 4.69) is 0 Å². The molecule has 39 heavy (non-hydrogen) atoms. The number of amides is 4. The molecule has 7 aliphatic rings. The van der Waals surface area contributed by atoms with Crippen molar-refractivity contribution in [3.8, 4) is 11.1 Å². The van der Waals surface area contributed by atoms with Crippen molar-refractivity contribution in [1.29, 1.82) is 0 Å². The van der Waals surface area contributed by atoms with Crippen LogP contribution in [0.15, 0.2) is 70.5 Å². The minimum Gasteiger partial charge on any atom is -0.274 e. The van der Waals surface area contributed by atoms with Crippen LogP contribution in [0.4, 0.5) is 11.4 Å². The Kier molecular flexibility index (Phi) is 3.85. The zero-order valence-corrected chi connectivity index (χ0v) is 21.4. The molecule has 2 saturated carbocycles. The Labute approximate surface area is 223 Å². The second-order valence-corrected chi connectivity index (χ2v) is 13.8. The van der Waals surface area contributed by atoms with Crippen molar-refractivity contribution < 1.29 is 27.6 Å². The molecule has 0 radical (unpaired) electrons. The van der Waals surface area contributed by atoms with E-state index in [-0.39, 0.29) is 80.8 Å². The standard InChI is InChI=1S/C30H22N2O6S/c33-27-23-13-1-2-14(9-13)24(23)28(34)31(27)17-5-7-21-19(11-17)20-12-18(6-8-22(20)39(21,37)38)32-29(35)25-15-3-4-16(10-15)26(25)30(32)36/h1-8,11-16,23-26H,9-10H2/t13-,14-,15-,16+,23-,24-,25-,26+/m0/s1. The lowest BCUT2D eigenvalue weighted by atomic mass is 9.85. The van der Waals surface area contributed by atoms with Crippen LogP contribution in [0.5, 0.6) is 0 Å². The van der Waals surface area contributed by atoms with Crippen LogP contribution in [0.1, 0.15) is 12.8 Å². The largest absolute Gasteiger partial charge is 0.274 e. The summed E-state index contributed by atoms with van der Waals surface area (Å²) in [6, 6.07) is 9.10. The number of rotatable bonds is 2. The maximum absolute atomic E-state index is 13.4. The van der Waals surface area contributed by atoms with Gasteiger partial charge in [0.15, 0.2) is 0 Å². The molecule has 0 unspecified atom stereocenters. The number of imide groups is 2. The van der Waals surface area contributed by atoms with E-state index in [4.69, 9.17) is 0 Å². The summed E-state index contributed by atoms with van der Waals surface area (Å²) >= 11 is 0. The maximum Gasteiger partial charge on any atom is 0.238 e. The Morgan fingerprint density at radius 1 is 0.538 bits per heavy atom. The maximum atomic E-state index is 13.4. The van der Waals surface area contributed by atoms with Crippen LogP contribution in [0.2, 0.25) is 0 Å². The van der Waals surface area contributed by atoms with E-state index in [1.54, 1.807) is 12.1 Å². The highest BCUT2D eigenvalue weighted by atomic mass is 32.2. The summed E-state index contributed by atoms with van der Waals surface area (Å²) in [6.45, 7) is 0. The van der Waals surface area contributed by atoms with Gasteiger partial charge in [0.05, 0.1) is 44.8 Å². The van der Waals surface area contributed by atoms with E-state index in [0.717, 1.165) is 12.8 Å². The molecule has 2 aromatic rings. The van der Waals surface area contributed by atoms with Gasteiger partial charge in [-0.1, -0.05) is 24.3 Å². The van der Waals surface area contributed by atoms with E-state index < -0.39 is 9.84 Å². The number of benzene rings is 2. The third kappa shape index (κ3) is 2.45. The van der Waals surface area contributed by atoms with Gasteiger partial charge >= 0.3 is 0 Å². The molecule has 2 aromatic carbocycles. The number of hydrogen-bond donors (Lipinski definition) is 0. The summed E-state index contributed by atoms with van der Waals surface area (Å²) in [5.74, 6) is -2.11. The molecule has 8 atom stereocenters. The first-order chi connectivity index (χ1) is 18.8. The third-order valence-corrected chi connectivity index (χ3v) is 12.1. The fraction of sp³-hybridized carbons (Fsp3) is 0.333. The van der Waals surface area contributed by atoms with Crippen molar-refractivity contribution in [2.75, 3.05) is 9.80 Å². The molecular weight excluding hydrogens is 516 g/mol. The summed E-state index contributed by atoms with van der Waals surface area (Å²) in [5, 5.41) is 0. The highest BCUT2D eigenvalue weighted by molar-refractivity contribution is 7.92. The van der Waals surface area contributed by atoms with Crippen molar-refractivity contribution in [3.63, 3.8) is 0 Å². The lowest BCUT2D eigenvalue weighted by Crippen LogP contribution is -2.33. The van der Waals surface area contributed by atoms with Gasteiger partial charge in [-0.15, -0.1) is 0 Å². The number of carbonyl (C=O) groups excluding carboxylic acids is 4. The average Bonchev–Trinajstić information content (AvgIpc) is 3.77. The normalized spacial score (nSPS) is 37.3. The topological polar surface area (TPSA) is 109 Å². The summed E-state index contributed by atoms with van der Waals surface area (Å²) in [6.07, 6.45) is 9.78. The second kappa shape index (κ2) is 6.83. The Morgan fingerprint density at radius 3 is 1.21 bits per heavy atom. The molecule has 2 saturated heterocycles. The van der Waals surface area contributed by atoms with Gasteiger partial charge in [-0.05, 0) is 72.9 Å². The number of hydrogen-bond acceptors (Lipinski definition) is 6.